The van der Waals surface area contributed by atoms with Crippen molar-refractivity contribution in [3.8, 4) is 0 Å². The molecule has 15 heavy (non-hydrogen) atoms. The number of nitrogens with zero attached hydrogens (tertiary/aromatic N) is 2. The monoisotopic (exact) mass is 214 g/mol. The Kier molecular flexibility index (Phi) is 6.78. The number of carbonyl (C=O) groups excluding carboxylic acids is 1. The van der Waals surface area contributed by atoms with Gasteiger partial charge in [-0.25, -0.2) is 4.99 Å². The molecule has 0 radical (unpaired) electrons. The maximum Gasteiger partial charge on any atom is 0.303 e. The first kappa shape index (κ1) is 13.3. The molecule has 84 valence electrons. The van der Waals surface area contributed by atoms with Crippen LogP contribution in [0, 0.1) is 0 Å². The molecule has 0 atom stereocenters. The lowest BCUT2D eigenvalue weighted by Gasteiger charge is -1.98. The molecule has 0 saturated heterocycles. The minimum atomic E-state index is -0.833. The average molecular weight is 214 g/mol. The molecular formula is C9H14N2O4. The lowest BCUT2D eigenvalue weighted by molar-refractivity contribution is -0.137. The van der Waals surface area contributed by atoms with Gasteiger partial charge in [-0.3, -0.25) is 9.59 Å². The van der Waals surface area contributed by atoms with Crippen LogP contribution in [0.5, 0.6) is 0 Å². The molecule has 0 spiro atoms. The van der Waals surface area contributed by atoms with Gasteiger partial charge in [-0.1, -0.05) is 5.16 Å². The Balaban J connectivity index is 3.57. The Bertz CT molecular complexity index is 273. The highest BCUT2D eigenvalue weighted by Crippen LogP contribution is 1.96. The summed E-state index contributed by atoms with van der Waals surface area (Å²) in [7, 11) is 0. The lowest BCUT2D eigenvalue weighted by Crippen LogP contribution is -2.07. The van der Waals surface area contributed by atoms with Crippen molar-refractivity contribution in [2.24, 2.45) is 10.1 Å². The quantitative estimate of drug-likeness (QED) is 0.386. The second-order valence-corrected chi connectivity index (χ2v) is 2.82. The summed E-state index contributed by atoms with van der Waals surface area (Å²) >= 11 is 0. The van der Waals surface area contributed by atoms with Crippen molar-refractivity contribution in [3.05, 3.63) is 0 Å². The van der Waals surface area contributed by atoms with Gasteiger partial charge in [-0.2, -0.15) is 0 Å². The van der Waals surface area contributed by atoms with Crippen LogP contribution in [0.1, 0.15) is 26.2 Å². The summed E-state index contributed by atoms with van der Waals surface area (Å²) in [4.78, 5) is 28.9. The zero-order valence-corrected chi connectivity index (χ0v) is 8.60. The van der Waals surface area contributed by atoms with Crippen LogP contribution in [0.15, 0.2) is 10.1 Å². The fourth-order valence-corrected chi connectivity index (χ4v) is 0.739. The topological polar surface area (TPSA) is 88.3 Å². The van der Waals surface area contributed by atoms with Gasteiger partial charge in [-0.15, -0.1) is 0 Å². The third-order valence-corrected chi connectivity index (χ3v) is 1.53. The molecule has 0 saturated carbocycles. The number of hydrogen-bond donors (Lipinski definition) is 1. The van der Waals surface area contributed by atoms with E-state index in [1.54, 1.807) is 0 Å². The van der Waals surface area contributed by atoms with Crippen LogP contribution in [-0.4, -0.2) is 36.0 Å². The Labute approximate surface area is 87.6 Å². The fraction of sp³-hybridized carbons (Fsp3) is 0.556. The Morgan fingerprint density at radius 1 is 1.40 bits per heavy atom. The van der Waals surface area contributed by atoms with Crippen LogP contribution in [0.2, 0.25) is 0 Å². The van der Waals surface area contributed by atoms with Crippen LogP contribution in [0.3, 0.4) is 0 Å². The first-order chi connectivity index (χ1) is 7.07. The number of amides is 1. The SMILES string of the molecule is C=NC(=O)C(C)=NOCCCCC(=O)O. The van der Waals surface area contributed by atoms with Crippen molar-refractivity contribution in [2.75, 3.05) is 6.61 Å². The molecule has 0 bridgehead atoms. The van der Waals surface area contributed by atoms with Gasteiger partial charge in [0.1, 0.15) is 12.3 Å². The summed E-state index contributed by atoms with van der Waals surface area (Å²) in [6.07, 6.45) is 1.22. The predicted molar refractivity (Wildman–Crippen MR) is 55.1 cm³/mol. The van der Waals surface area contributed by atoms with E-state index < -0.39 is 11.9 Å². The number of rotatable bonds is 7. The largest absolute Gasteiger partial charge is 0.481 e. The van der Waals surface area contributed by atoms with Gasteiger partial charge < -0.3 is 9.94 Å². The van der Waals surface area contributed by atoms with E-state index in [0.717, 1.165) is 0 Å². The Morgan fingerprint density at radius 3 is 2.60 bits per heavy atom. The van der Waals surface area contributed by atoms with Crippen LogP contribution >= 0.6 is 0 Å². The molecule has 0 aliphatic carbocycles. The van der Waals surface area contributed by atoms with Crippen LogP contribution in [-0.2, 0) is 14.4 Å². The molecule has 1 amide bonds. The first-order valence-corrected chi connectivity index (χ1v) is 4.47. The van der Waals surface area contributed by atoms with Gasteiger partial charge in [0.15, 0.2) is 0 Å². The number of aliphatic carboxylic acids is 1. The van der Waals surface area contributed by atoms with Gasteiger partial charge in [0.2, 0.25) is 0 Å². The number of carbonyl (C=O) groups is 2. The summed E-state index contributed by atoms with van der Waals surface area (Å²) in [6.45, 7) is 4.81. The van der Waals surface area contributed by atoms with Crippen molar-refractivity contribution < 1.29 is 19.5 Å². The zero-order valence-electron chi connectivity index (χ0n) is 8.60. The van der Waals surface area contributed by atoms with Crippen molar-refractivity contribution in [3.63, 3.8) is 0 Å². The number of aliphatic imine (C=N–C) groups is 1. The molecule has 6 heteroatoms. The summed E-state index contributed by atoms with van der Waals surface area (Å²) in [5.74, 6) is -1.36. The number of unbranched alkanes of at least 4 members (excludes halogenated alkanes) is 1. The van der Waals surface area contributed by atoms with E-state index in [9.17, 15) is 9.59 Å². The fourth-order valence-electron chi connectivity index (χ4n) is 0.739. The van der Waals surface area contributed by atoms with Crippen molar-refractivity contribution in [1.29, 1.82) is 0 Å². The van der Waals surface area contributed by atoms with E-state index >= 15 is 0 Å². The number of hydrogen-bond acceptors (Lipinski definition) is 4. The number of carboxylic acids is 1. The van der Waals surface area contributed by atoms with Crippen molar-refractivity contribution in [2.45, 2.75) is 26.2 Å². The van der Waals surface area contributed by atoms with Crippen LogP contribution < -0.4 is 0 Å². The summed E-state index contributed by atoms with van der Waals surface area (Å²) in [5.41, 5.74) is 0.128. The highest BCUT2D eigenvalue weighted by atomic mass is 16.6. The Morgan fingerprint density at radius 2 is 2.07 bits per heavy atom. The predicted octanol–water partition coefficient (Wildman–Crippen LogP) is 0.861. The van der Waals surface area contributed by atoms with Gasteiger partial charge in [-0.05, 0) is 26.5 Å². The highest BCUT2D eigenvalue weighted by Gasteiger charge is 2.02. The second-order valence-electron chi connectivity index (χ2n) is 2.82. The van der Waals surface area contributed by atoms with E-state index in [1.807, 2.05) is 0 Å². The number of oxime groups is 1. The smallest absolute Gasteiger partial charge is 0.303 e. The Hall–Kier alpha value is -1.72. The second kappa shape index (κ2) is 7.66. The molecule has 0 aliphatic heterocycles. The maximum absolute atomic E-state index is 10.8. The van der Waals surface area contributed by atoms with E-state index in [-0.39, 0.29) is 18.7 Å². The summed E-state index contributed by atoms with van der Waals surface area (Å²) < 4.78 is 0. The molecule has 0 unspecified atom stereocenters. The zero-order chi connectivity index (χ0) is 11.7. The molecular weight excluding hydrogens is 200 g/mol. The standard InChI is InChI=1S/C9H14N2O4/c1-7(9(14)10-2)11-15-6-4-3-5-8(12)13/h2-6H2,1H3,(H,12,13). The summed E-state index contributed by atoms with van der Waals surface area (Å²) in [5, 5.41) is 11.8. The molecule has 0 aromatic heterocycles. The normalized spacial score (nSPS) is 10.9. The molecule has 6 nitrogen and oxygen atoms in total. The van der Waals surface area contributed by atoms with Gasteiger partial charge in [0.05, 0.1) is 0 Å². The third-order valence-electron chi connectivity index (χ3n) is 1.53. The number of carboxylic acid groups (broad SMARTS) is 1. The maximum atomic E-state index is 10.8. The lowest BCUT2D eigenvalue weighted by atomic mass is 10.2. The molecule has 0 heterocycles. The summed E-state index contributed by atoms with van der Waals surface area (Å²) in [6, 6.07) is 0. The molecule has 1 N–H and O–H groups in total. The molecule has 0 aromatic rings. The van der Waals surface area contributed by atoms with Crippen molar-refractivity contribution in [1.82, 2.24) is 0 Å². The van der Waals surface area contributed by atoms with Gasteiger partial charge in [0, 0.05) is 6.42 Å². The van der Waals surface area contributed by atoms with Gasteiger partial charge in [0.25, 0.3) is 5.91 Å². The van der Waals surface area contributed by atoms with Gasteiger partial charge >= 0.3 is 5.97 Å². The third kappa shape index (κ3) is 7.36. The molecule has 0 aromatic carbocycles. The first-order valence-electron chi connectivity index (χ1n) is 4.47. The van der Waals surface area contributed by atoms with E-state index in [0.29, 0.717) is 12.8 Å². The molecule has 0 aliphatic rings. The van der Waals surface area contributed by atoms with Crippen LogP contribution in [0.4, 0.5) is 0 Å². The van der Waals surface area contributed by atoms with Crippen molar-refractivity contribution >= 4 is 24.3 Å². The highest BCUT2D eigenvalue weighted by molar-refractivity contribution is 6.38. The molecule has 0 rings (SSSR count). The van der Waals surface area contributed by atoms with E-state index in [2.05, 4.69) is 16.9 Å². The van der Waals surface area contributed by atoms with E-state index in [4.69, 9.17) is 9.94 Å². The average Bonchev–Trinajstić information content (AvgIpc) is 2.21. The minimum Gasteiger partial charge on any atom is -0.481 e. The minimum absolute atomic E-state index is 0.110. The van der Waals surface area contributed by atoms with Crippen LogP contribution in [0.25, 0.3) is 0 Å². The molecule has 0 fully saturated rings. The van der Waals surface area contributed by atoms with E-state index in [1.165, 1.54) is 6.92 Å².